The van der Waals surface area contributed by atoms with Gasteiger partial charge in [0.2, 0.25) is 5.91 Å². The van der Waals surface area contributed by atoms with Gasteiger partial charge in [0.05, 0.1) is 32.0 Å². The molecular formula is C55H99NO13. The summed E-state index contributed by atoms with van der Waals surface area (Å²) in [7, 11) is 0. The first-order valence-electron chi connectivity index (χ1n) is 27.4. The number of aliphatic hydroxyl groups excluding tert-OH is 8. The molecule has 402 valence electrons. The highest BCUT2D eigenvalue weighted by Crippen LogP contribution is 2.30. The van der Waals surface area contributed by atoms with Crippen LogP contribution in [0.3, 0.4) is 0 Å². The summed E-state index contributed by atoms with van der Waals surface area (Å²) in [6.07, 6.45) is 32.5. The van der Waals surface area contributed by atoms with Crippen LogP contribution in [0, 0.1) is 0 Å². The summed E-state index contributed by atoms with van der Waals surface area (Å²) in [4.78, 5) is 13.2. The molecule has 0 aromatic carbocycles. The van der Waals surface area contributed by atoms with Crippen molar-refractivity contribution in [3.63, 3.8) is 0 Å². The first-order chi connectivity index (χ1) is 33.6. The van der Waals surface area contributed by atoms with Crippen molar-refractivity contribution < 1.29 is 64.6 Å². The van der Waals surface area contributed by atoms with Gasteiger partial charge < -0.3 is 65.1 Å². The Morgan fingerprint density at radius 3 is 1.54 bits per heavy atom. The molecule has 1 amide bonds. The van der Waals surface area contributed by atoms with E-state index < -0.39 is 86.8 Å². The third-order valence-electron chi connectivity index (χ3n) is 13.3. The molecule has 9 N–H and O–H groups in total. The lowest BCUT2D eigenvalue weighted by Crippen LogP contribution is -2.65. The van der Waals surface area contributed by atoms with Crippen molar-refractivity contribution in [3.05, 3.63) is 48.6 Å². The fourth-order valence-corrected chi connectivity index (χ4v) is 8.87. The molecule has 2 heterocycles. The van der Waals surface area contributed by atoms with E-state index in [1.54, 1.807) is 0 Å². The van der Waals surface area contributed by atoms with Crippen LogP contribution in [0.2, 0.25) is 0 Å². The number of amides is 1. The van der Waals surface area contributed by atoms with E-state index in [-0.39, 0.29) is 18.9 Å². The summed E-state index contributed by atoms with van der Waals surface area (Å²) in [6.45, 7) is 2.73. The summed E-state index contributed by atoms with van der Waals surface area (Å²) in [5.74, 6) is -0.231. The summed E-state index contributed by atoms with van der Waals surface area (Å²) in [5, 5.41) is 87.1. The number of aliphatic hydroxyl groups is 8. The van der Waals surface area contributed by atoms with Gasteiger partial charge in [0.1, 0.15) is 48.8 Å². The Hall–Kier alpha value is -2.05. The quantitative estimate of drug-likeness (QED) is 0.0209. The Balaban J connectivity index is 1.81. The van der Waals surface area contributed by atoms with E-state index in [2.05, 4.69) is 67.8 Å². The van der Waals surface area contributed by atoms with Crippen molar-refractivity contribution >= 4 is 5.91 Å². The van der Waals surface area contributed by atoms with Gasteiger partial charge in [0.25, 0.3) is 0 Å². The Labute approximate surface area is 416 Å². The number of hydrogen-bond acceptors (Lipinski definition) is 13. The molecule has 2 fully saturated rings. The third-order valence-corrected chi connectivity index (χ3v) is 13.3. The van der Waals surface area contributed by atoms with Crippen LogP contribution in [0.5, 0.6) is 0 Å². The smallest absolute Gasteiger partial charge is 0.220 e. The van der Waals surface area contributed by atoms with E-state index in [1.807, 2.05) is 0 Å². The Kier molecular flexibility index (Phi) is 37.9. The highest BCUT2D eigenvalue weighted by molar-refractivity contribution is 5.76. The van der Waals surface area contributed by atoms with Gasteiger partial charge in [-0.1, -0.05) is 191 Å². The van der Waals surface area contributed by atoms with Crippen LogP contribution in [-0.4, -0.2) is 140 Å². The topological polar surface area (TPSA) is 228 Å². The summed E-state index contributed by atoms with van der Waals surface area (Å²) < 4.78 is 22.8. The average molecular weight is 982 g/mol. The Morgan fingerprint density at radius 2 is 1.00 bits per heavy atom. The zero-order valence-electron chi connectivity index (χ0n) is 42.8. The normalized spacial score (nSPS) is 26.5. The van der Waals surface area contributed by atoms with Crippen molar-refractivity contribution in [1.29, 1.82) is 0 Å². The predicted molar refractivity (Wildman–Crippen MR) is 272 cm³/mol. The second kappa shape index (κ2) is 41.4. The number of carbonyl (C=O) groups excluding carboxylic acids is 1. The minimum Gasteiger partial charge on any atom is -0.394 e. The number of rotatable bonds is 42. The van der Waals surface area contributed by atoms with Crippen molar-refractivity contribution in [3.8, 4) is 0 Å². The number of nitrogens with one attached hydrogen (secondary N) is 1. The molecule has 12 unspecified atom stereocenters. The monoisotopic (exact) mass is 982 g/mol. The van der Waals surface area contributed by atoms with Gasteiger partial charge in [0.15, 0.2) is 12.6 Å². The molecule has 0 aromatic rings. The van der Waals surface area contributed by atoms with E-state index in [1.165, 1.54) is 89.9 Å². The summed E-state index contributed by atoms with van der Waals surface area (Å²) in [5.41, 5.74) is 0. The lowest BCUT2D eigenvalue weighted by Gasteiger charge is -2.46. The van der Waals surface area contributed by atoms with Crippen molar-refractivity contribution in [2.75, 3.05) is 19.8 Å². The van der Waals surface area contributed by atoms with E-state index in [0.717, 1.165) is 77.0 Å². The summed E-state index contributed by atoms with van der Waals surface area (Å²) in [6, 6.07) is -0.843. The second-order valence-corrected chi connectivity index (χ2v) is 19.3. The molecule has 2 aliphatic heterocycles. The van der Waals surface area contributed by atoms with E-state index >= 15 is 0 Å². The van der Waals surface area contributed by atoms with Crippen molar-refractivity contribution in [1.82, 2.24) is 5.32 Å². The van der Waals surface area contributed by atoms with Crippen LogP contribution >= 0.6 is 0 Å². The van der Waals surface area contributed by atoms with E-state index in [0.29, 0.717) is 12.8 Å². The second-order valence-electron chi connectivity index (χ2n) is 19.3. The number of carbonyl (C=O) groups is 1. The highest BCUT2D eigenvalue weighted by atomic mass is 16.7. The fourth-order valence-electron chi connectivity index (χ4n) is 8.87. The first-order valence-corrected chi connectivity index (χ1v) is 27.4. The van der Waals surface area contributed by atoms with Crippen molar-refractivity contribution in [2.45, 2.75) is 274 Å². The zero-order chi connectivity index (χ0) is 50.3. The number of allylic oxidation sites excluding steroid dienone is 8. The molecule has 0 aromatic heterocycles. The van der Waals surface area contributed by atoms with Gasteiger partial charge in [-0.3, -0.25) is 4.79 Å². The van der Waals surface area contributed by atoms with Gasteiger partial charge in [0, 0.05) is 6.42 Å². The minimum absolute atomic E-state index is 0.231. The lowest BCUT2D eigenvalue weighted by atomic mass is 9.97. The van der Waals surface area contributed by atoms with Gasteiger partial charge in [-0.05, 0) is 51.4 Å². The molecule has 69 heavy (non-hydrogen) atoms. The lowest BCUT2D eigenvalue weighted by molar-refractivity contribution is -0.359. The van der Waals surface area contributed by atoms with E-state index in [9.17, 15) is 45.6 Å². The molecule has 0 aliphatic carbocycles. The minimum atomic E-state index is -1.79. The van der Waals surface area contributed by atoms with Gasteiger partial charge in [-0.25, -0.2) is 0 Å². The molecule has 2 rings (SSSR count). The largest absolute Gasteiger partial charge is 0.394 e. The third kappa shape index (κ3) is 28.1. The average Bonchev–Trinajstić information content (AvgIpc) is 3.35. The molecule has 2 saturated heterocycles. The zero-order valence-corrected chi connectivity index (χ0v) is 42.8. The molecule has 12 atom stereocenters. The first kappa shape index (κ1) is 63.1. The van der Waals surface area contributed by atoms with E-state index in [4.69, 9.17) is 18.9 Å². The molecule has 2 aliphatic rings. The fraction of sp³-hybridized carbons (Fsp3) is 0.836. The molecule has 0 radical (unpaired) electrons. The van der Waals surface area contributed by atoms with Crippen molar-refractivity contribution in [2.24, 2.45) is 0 Å². The van der Waals surface area contributed by atoms with Gasteiger partial charge >= 0.3 is 0 Å². The van der Waals surface area contributed by atoms with Gasteiger partial charge in [-0.15, -0.1) is 0 Å². The molecule has 14 nitrogen and oxygen atoms in total. The van der Waals surface area contributed by atoms with Crippen LogP contribution in [0.15, 0.2) is 48.6 Å². The molecule has 0 spiro atoms. The molecule has 14 heteroatoms. The van der Waals surface area contributed by atoms with Crippen LogP contribution in [-0.2, 0) is 23.7 Å². The predicted octanol–water partition coefficient (Wildman–Crippen LogP) is 8.05. The van der Waals surface area contributed by atoms with Gasteiger partial charge in [-0.2, -0.15) is 0 Å². The maximum absolute atomic E-state index is 13.2. The SMILES string of the molecule is CC/C=C\C/C=C\C/C=C\C/C=C\CCCCCCC(=O)NC(COC1OC(CO)C(OC2OC(CO)C(O)C(O)C2O)C(O)C1O)C(O)CCCCCCCCCCCCCCCCCCCC. The molecule has 0 bridgehead atoms. The number of ether oxygens (including phenoxy) is 4. The number of unbranched alkanes of at least 4 members (excludes halogenated alkanes) is 21. The van der Waals surface area contributed by atoms with Crippen LogP contribution < -0.4 is 5.32 Å². The molecular weight excluding hydrogens is 883 g/mol. The molecule has 0 saturated carbocycles. The van der Waals surface area contributed by atoms with Crippen LogP contribution in [0.4, 0.5) is 0 Å². The van der Waals surface area contributed by atoms with Crippen LogP contribution in [0.1, 0.15) is 200 Å². The summed E-state index contributed by atoms with van der Waals surface area (Å²) >= 11 is 0. The highest BCUT2D eigenvalue weighted by Gasteiger charge is 2.51. The Bertz CT molecular complexity index is 1340. The maximum Gasteiger partial charge on any atom is 0.220 e. The standard InChI is InChI=1S/C55H99NO13/c1-3-5-7-9-11-13-15-17-19-21-23-24-26-28-30-32-34-36-38-44(59)43(56-47(60)39-37-35-33-31-29-27-25-22-20-18-16-14-12-10-8-6-4-2)42-66-54-52(65)50(63)53(46(41-58)68-54)69-55-51(64)49(62)48(61)45(40-57)67-55/h6,8,12,14,18,20,25,27,43-46,48-55,57-59,61-65H,3-5,7,9-11,13,15-17,19,21-24,26,28-42H2,1-2H3,(H,56,60)/b8-6-,14-12-,20-18-,27-25-. The van der Waals surface area contributed by atoms with Crippen LogP contribution in [0.25, 0.3) is 0 Å². The number of hydrogen-bond donors (Lipinski definition) is 9. The maximum atomic E-state index is 13.2. The Morgan fingerprint density at radius 1 is 0.536 bits per heavy atom.